The van der Waals surface area contributed by atoms with Gasteiger partial charge in [-0.2, -0.15) is 0 Å². The first-order chi connectivity index (χ1) is 18.5. The zero-order valence-electron chi connectivity index (χ0n) is 20.1. The first kappa shape index (κ1) is 27.9. The molecule has 0 aromatic heterocycles. The summed E-state index contributed by atoms with van der Waals surface area (Å²) in [4.78, 5) is 35.8. The van der Waals surface area contributed by atoms with E-state index < -0.39 is 34.4 Å². The minimum absolute atomic E-state index is 0.0580. The molecule has 0 bridgehead atoms. The molecule has 0 fully saturated rings. The molecule has 2 amide bonds. The Morgan fingerprint density at radius 1 is 0.872 bits per heavy atom. The number of hydrogen-bond donors (Lipinski definition) is 3. The lowest BCUT2D eigenvalue weighted by Gasteiger charge is -2.25. The minimum Gasteiger partial charge on any atom is -0.480 e. The summed E-state index contributed by atoms with van der Waals surface area (Å²) in [5, 5.41) is 13.2. The van der Waals surface area contributed by atoms with Crippen LogP contribution in [-0.2, 0) is 21.4 Å². The van der Waals surface area contributed by atoms with Crippen molar-refractivity contribution in [2.75, 3.05) is 10.8 Å². The molecule has 0 saturated heterocycles. The first-order valence-corrected chi connectivity index (χ1v) is 13.6. The molecular formula is C27H21Cl2N3O6S. The second kappa shape index (κ2) is 11.3. The van der Waals surface area contributed by atoms with Crippen LogP contribution in [0.1, 0.15) is 26.3 Å². The van der Waals surface area contributed by atoms with Crippen LogP contribution in [-0.4, -0.2) is 37.9 Å². The summed E-state index contributed by atoms with van der Waals surface area (Å²) >= 11 is 12.0. The fraction of sp³-hybridized carbons (Fsp3) is 0.0741. The minimum atomic E-state index is -4.42. The Morgan fingerprint density at radius 3 is 2.10 bits per heavy atom. The zero-order valence-corrected chi connectivity index (χ0v) is 22.4. The van der Waals surface area contributed by atoms with E-state index in [2.05, 4.69) is 5.32 Å². The number of benzene rings is 4. The molecule has 0 unspecified atom stereocenters. The number of rotatable bonds is 9. The molecule has 4 aromatic carbocycles. The van der Waals surface area contributed by atoms with Crippen LogP contribution in [0.25, 0.3) is 10.8 Å². The molecule has 4 aromatic rings. The molecule has 39 heavy (non-hydrogen) atoms. The number of halogens is 2. The molecule has 4 N–H and O–H groups in total. The van der Waals surface area contributed by atoms with Gasteiger partial charge in [-0.3, -0.25) is 18.7 Å². The highest BCUT2D eigenvalue weighted by molar-refractivity contribution is 7.93. The Bertz CT molecular complexity index is 1690. The third-order valence-corrected chi connectivity index (χ3v) is 7.98. The zero-order chi connectivity index (χ0) is 28.3. The number of hydrogen-bond acceptors (Lipinski definition) is 5. The smallest absolute Gasteiger partial charge is 0.324 e. The number of sulfonamides is 1. The van der Waals surface area contributed by atoms with Crippen LogP contribution in [0.15, 0.2) is 83.8 Å². The van der Waals surface area contributed by atoms with Gasteiger partial charge in [0.15, 0.2) is 0 Å². The number of amides is 2. The number of carbonyl (C=O) groups is 3. The largest absolute Gasteiger partial charge is 0.480 e. The molecule has 0 radical (unpaired) electrons. The van der Waals surface area contributed by atoms with Gasteiger partial charge in [0.05, 0.1) is 10.6 Å². The van der Waals surface area contributed by atoms with Crippen molar-refractivity contribution in [2.24, 2.45) is 5.73 Å². The molecule has 0 spiro atoms. The number of carboxylic acid groups (broad SMARTS) is 1. The highest BCUT2D eigenvalue weighted by Gasteiger charge is 2.29. The quantitative estimate of drug-likeness (QED) is 0.264. The van der Waals surface area contributed by atoms with E-state index in [4.69, 9.17) is 28.9 Å². The van der Waals surface area contributed by atoms with Gasteiger partial charge in [-0.1, -0.05) is 59.6 Å². The van der Waals surface area contributed by atoms with Crippen molar-refractivity contribution in [3.05, 3.63) is 106 Å². The number of carboxylic acids is 1. The molecule has 12 heteroatoms. The lowest BCUT2D eigenvalue weighted by Crippen LogP contribution is -2.36. The summed E-state index contributed by atoms with van der Waals surface area (Å²) in [7, 11) is -4.42. The molecule has 9 nitrogen and oxygen atoms in total. The van der Waals surface area contributed by atoms with E-state index in [1.807, 2.05) is 0 Å². The van der Waals surface area contributed by atoms with Crippen molar-refractivity contribution in [1.82, 2.24) is 5.32 Å². The third kappa shape index (κ3) is 6.14. The summed E-state index contributed by atoms with van der Waals surface area (Å²) in [5.41, 5.74) is 6.63. The van der Waals surface area contributed by atoms with E-state index in [0.29, 0.717) is 16.3 Å². The number of nitrogens with two attached hydrogens (primary N) is 1. The number of nitrogens with one attached hydrogen (secondary N) is 1. The summed E-state index contributed by atoms with van der Waals surface area (Å²) in [6.45, 7) is -0.730. The molecule has 0 aliphatic carbocycles. The van der Waals surface area contributed by atoms with Crippen LogP contribution in [0.2, 0.25) is 10.0 Å². The Morgan fingerprint density at radius 2 is 1.49 bits per heavy atom. The second-order valence-electron chi connectivity index (χ2n) is 8.43. The first-order valence-electron chi connectivity index (χ1n) is 11.4. The average molecular weight is 586 g/mol. The Labute approximate surface area is 233 Å². The van der Waals surface area contributed by atoms with Crippen LogP contribution >= 0.6 is 23.2 Å². The fourth-order valence-electron chi connectivity index (χ4n) is 4.00. The van der Waals surface area contributed by atoms with Crippen LogP contribution in [0.3, 0.4) is 0 Å². The highest BCUT2D eigenvalue weighted by atomic mass is 35.5. The maximum absolute atomic E-state index is 13.6. The van der Waals surface area contributed by atoms with Crippen molar-refractivity contribution in [3.63, 3.8) is 0 Å². The third-order valence-electron chi connectivity index (χ3n) is 5.81. The maximum Gasteiger partial charge on any atom is 0.324 e. The van der Waals surface area contributed by atoms with E-state index in [-0.39, 0.29) is 32.7 Å². The van der Waals surface area contributed by atoms with Crippen molar-refractivity contribution in [1.29, 1.82) is 0 Å². The Hall–Kier alpha value is -4.12. The standard InChI is InChI=1S/C27H21Cl2N3O6S/c28-18-11-19(29)13-20(12-18)39(37,38)32(15-25(33)34)24-6-2-3-21-22(24)4-1-5-23(21)27(36)31-14-16-7-9-17(10-8-16)26(30)35/h1-13H,14-15H2,(H2,30,35)(H,31,36)(H,33,34). The van der Waals surface area contributed by atoms with E-state index in [1.54, 1.807) is 48.5 Å². The van der Waals surface area contributed by atoms with Gasteiger partial charge in [0.2, 0.25) is 5.91 Å². The molecule has 0 heterocycles. The van der Waals surface area contributed by atoms with Crippen molar-refractivity contribution in [2.45, 2.75) is 11.4 Å². The SMILES string of the molecule is NC(=O)c1ccc(CNC(=O)c2cccc3c(N(CC(=O)O)S(=O)(=O)c4cc(Cl)cc(Cl)c4)cccc23)cc1. The molecule has 0 saturated carbocycles. The van der Waals surface area contributed by atoms with Gasteiger partial charge in [-0.05, 0) is 53.4 Å². The second-order valence-corrected chi connectivity index (χ2v) is 11.2. The predicted molar refractivity (Wildman–Crippen MR) is 149 cm³/mol. The van der Waals surface area contributed by atoms with E-state index in [0.717, 1.165) is 9.87 Å². The number of carbonyl (C=O) groups excluding carboxylic acids is 2. The van der Waals surface area contributed by atoms with Crippen LogP contribution < -0.4 is 15.4 Å². The van der Waals surface area contributed by atoms with Gasteiger partial charge in [0.25, 0.3) is 15.9 Å². The van der Waals surface area contributed by atoms with Crippen molar-refractivity contribution in [3.8, 4) is 0 Å². The normalized spacial score (nSPS) is 11.2. The Balaban J connectivity index is 1.72. The summed E-state index contributed by atoms with van der Waals surface area (Å²) in [5.74, 6) is -2.39. The summed E-state index contributed by atoms with van der Waals surface area (Å²) in [6, 6.07) is 19.5. The van der Waals surface area contributed by atoms with Gasteiger partial charge in [-0.25, -0.2) is 8.42 Å². The number of anilines is 1. The van der Waals surface area contributed by atoms with Gasteiger partial charge in [-0.15, -0.1) is 0 Å². The lowest BCUT2D eigenvalue weighted by molar-refractivity contribution is -0.135. The Kier molecular flexibility index (Phi) is 8.10. The van der Waals surface area contributed by atoms with Crippen LogP contribution in [0, 0.1) is 0 Å². The molecule has 0 atom stereocenters. The fourth-order valence-corrected chi connectivity index (χ4v) is 6.16. The monoisotopic (exact) mass is 585 g/mol. The summed E-state index contributed by atoms with van der Waals surface area (Å²) < 4.78 is 27.9. The van der Waals surface area contributed by atoms with Gasteiger partial charge in [0.1, 0.15) is 6.54 Å². The predicted octanol–water partition coefficient (Wildman–Crippen LogP) is 4.46. The number of fused-ring (bicyclic) bond motifs is 1. The lowest BCUT2D eigenvalue weighted by atomic mass is 10.0. The van der Waals surface area contributed by atoms with Crippen LogP contribution in [0.4, 0.5) is 5.69 Å². The molecule has 0 aliphatic heterocycles. The van der Waals surface area contributed by atoms with E-state index in [1.165, 1.54) is 30.3 Å². The van der Waals surface area contributed by atoms with Gasteiger partial charge >= 0.3 is 5.97 Å². The molecule has 200 valence electrons. The number of primary amides is 1. The highest BCUT2D eigenvalue weighted by Crippen LogP contribution is 2.34. The molecule has 0 aliphatic rings. The van der Waals surface area contributed by atoms with Gasteiger partial charge in [0, 0.05) is 33.1 Å². The van der Waals surface area contributed by atoms with E-state index in [9.17, 15) is 27.9 Å². The van der Waals surface area contributed by atoms with Crippen LogP contribution in [0.5, 0.6) is 0 Å². The number of aliphatic carboxylic acids is 1. The number of nitrogens with zero attached hydrogens (tertiary/aromatic N) is 1. The maximum atomic E-state index is 13.6. The average Bonchev–Trinajstić information content (AvgIpc) is 2.89. The molecular weight excluding hydrogens is 565 g/mol. The van der Waals surface area contributed by atoms with E-state index >= 15 is 0 Å². The topological polar surface area (TPSA) is 147 Å². The van der Waals surface area contributed by atoms with Gasteiger partial charge < -0.3 is 16.2 Å². The van der Waals surface area contributed by atoms with Crippen molar-refractivity contribution >= 4 is 67.5 Å². The van der Waals surface area contributed by atoms with Crippen molar-refractivity contribution < 1.29 is 27.9 Å². The molecule has 4 rings (SSSR count). The summed E-state index contributed by atoms with van der Waals surface area (Å²) in [6.07, 6.45) is 0.